The van der Waals surface area contributed by atoms with Gasteiger partial charge in [0.15, 0.2) is 0 Å². The number of aromatic hydroxyl groups is 1. The molecule has 172 valence electrons. The molecule has 7 nitrogen and oxygen atoms in total. The summed E-state index contributed by atoms with van der Waals surface area (Å²) in [5.74, 6) is 0.350. The first-order chi connectivity index (χ1) is 15.5. The second-order valence-electron chi connectivity index (χ2n) is 9.95. The van der Waals surface area contributed by atoms with Crippen molar-refractivity contribution in [1.29, 1.82) is 5.26 Å². The number of phenolic OH excluding ortho intramolecular Hbond substituents is 1. The molecule has 0 fully saturated rings. The minimum absolute atomic E-state index is 0.000529. The molecule has 2 aromatic heterocycles. The van der Waals surface area contributed by atoms with Crippen LogP contribution in [0.4, 0.5) is 0 Å². The number of phenols is 1. The average Bonchev–Trinajstić information content (AvgIpc) is 3.35. The third kappa shape index (κ3) is 4.27. The Morgan fingerprint density at radius 1 is 1.24 bits per heavy atom. The van der Waals surface area contributed by atoms with Crippen LogP contribution in [0.25, 0.3) is 21.9 Å². The number of nitriles is 1. The third-order valence-corrected chi connectivity index (χ3v) is 7.74. The van der Waals surface area contributed by atoms with Crippen LogP contribution in [-0.4, -0.2) is 39.4 Å². The molecule has 0 aliphatic heterocycles. The van der Waals surface area contributed by atoms with Crippen molar-refractivity contribution >= 4 is 30.0 Å². The van der Waals surface area contributed by atoms with Crippen molar-refractivity contribution in [3.8, 4) is 11.8 Å². The second-order valence-corrected chi connectivity index (χ2v) is 15.6. The van der Waals surface area contributed by atoms with E-state index >= 15 is 0 Å². The maximum atomic E-state index is 11.9. The van der Waals surface area contributed by atoms with Crippen LogP contribution < -0.4 is 0 Å². The molecule has 2 aromatic carbocycles. The lowest BCUT2D eigenvalue weighted by atomic mass is 9.90. The summed E-state index contributed by atoms with van der Waals surface area (Å²) < 4.78 is 7.86. The number of fused-ring (bicyclic) bond motifs is 2. The van der Waals surface area contributed by atoms with Gasteiger partial charge in [-0.1, -0.05) is 19.6 Å². The molecule has 0 bridgehead atoms. The van der Waals surface area contributed by atoms with E-state index in [1.54, 1.807) is 31.3 Å². The molecule has 1 unspecified atom stereocenters. The molecule has 4 rings (SSSR count). The molecule has 8 heteroatoms. The molecule has 2 heterocycles. The highest BCUT2D eigenvalue weighted by molar-refractivity contribution is 6.76. The zero-order valence-corrected chi connectivity index (χ0v) is 20.7. The van der Waals surface area contributed by atoms with Crippen molar-refractivity contribution in [2.75, 3.05) is 6.61 Å². The summed E-state index contributed by atoms with van der Waals surface area (Å²) in [4.78, 5) is 7.91. The van der Waals surface area contributed by atoms with E-state index in [1.807, 2.05) is 23.6 Å². The Balaban J connectivity index is 1.85. The molecule has 4 aromatic rings. The zero-order chi connectivity index (χ0) is 24.0. The number of ether oxygens (including phenoxy) is 1. The number of benzene rings is 2. The van der Waals surface area contributed by atoms with E-state index < -0.39 is 13.7 Å². The van der Waals surface area contributed by atoms with Gasteiger partial charge >= 0.3 is 0 Å². The lowest BCUT2D eigenvalue weighted by molar-refractivity contribution is 0.0559. The number of aromatic amines is 1. The molecule has 0 amide bonds. The maximum absolute atomic E-state index is 11.9. The number of imidazole rings is 1. The van der Waals surface area contributed by atoms with Gasteiger partial charge in [0.05, 0.1) is 22.7 Å². The molecular formula is C25H30N4O3Si. The first kappa shape index (κ1) is 23.0. The summed E-state index contributed by atoms with van der Waals surface area (Å²) in [6.45, 7) is 11.3. The van der Waals surface area contributed by atoms with Crippen LogP contribution in [0, 0.1) is 18.3 Å². The molecule has 1 atom stereocenters. The van der Waals surface area contributed by atoms with Gasteiger partial charge in [-0.05, 0) is 55.8 Å². The Morgan fingerprint density at radius 2 is 2.00 bits per heavy atom. The van der Waals surface area contributed by atoms with Crippen LogP contribution in [0.5, 0.6) is 5.75 Å². The number of aliphatic hydroxyl groups is 1. The fourth-order valence-corrected chi connectivity index (χ4v) is 5.01. The van der Waals surface area contributed by atoms with Crippen molar-refractivity contribution in [2.24, 2.45) is 0 Å². The lowest BCUT2D eigenvalue weighted by Gasteiger charge is -2.27. The molecule has 33 heavy (non-hydrogen) atoms. The van der Waals surface area contributed by atoms with Crippen LogP contribution in [0.1, 0.15) is 29.4 Å². The SMILES string of the molecule is Cc1cc(O)c(C(C)(O)c2nc3cc(C#N)ccc3n2COCC[Si](C)(C)C)c2cc[nH]c12. The predicted molar refractivity (Wildman–Crippen MR) is 132 cm³/mol. The van der Waals surface area contributed by atoms with E-state index in [4.69, 9.17) is 9.72 Å². The Hall–Kier alpha value is -3.12. The molecule has 0 saturated carbocycles. The summed E-state index contributed by atoms with van der Waals surface area (Å²) in [5, 5.41) is 32.8. The fraction of sp³-hybridized carbons (Fsp3) is 0.360. The van der Waals surface area contributed by atoms with Crippen LogP contribution in [-0.2, 0) is 17.1 Å². The molecule has 0 spiro atoms. The zero-order valence-electron chi connectivity index (χ0n) is 19.7. The van der Waals surface area contributed by atoms with Crippen LogP contribution in [0.2, 0.25) is 25.7 Å². The average molecular weight is 463 g/mol. The Morgan fingerprint density at radius 3 is 2.70 bits per heavy atom. The van der Waals surface area contributed by atoms with Gasteiger partial charge in [0.25, 0.3) is 0 Å². The Kier molecular flexibility index (Phi) is 5.82. The van der Waals surface area contributed by atoms with Gasteiger partial charge in [-0.25, -0.2) is 4.98 Å². The van der Waals surface area contributed by atoms with Crippen molar-refractivity contribution in [2.45, 2.75) is 51.9 Å². The van der Waals surface area contributed by atoms with Gasteiger partial charge in [0, 0.05) is 37.3 Å². The highest BCUT2D eigenvalue weighted by Gasteiger charge is 2.36. The highest BCUT2D eigenvalue weighted by Crippen LogP contribution is 2.41. The van der Waals surface area contributed by atoms with Crippen LogP contribution in [0.15, 0.2) is 36.5 Å². The van der Waals surface area contributed by atoms with Crippen molar-refractivity contribution in [3.63, 3.8) is 0 Å². The molecule has 0 aliphatic carbocycles. The van der Waals surface area contributed by atoms with E-state index in [1.165, 1.54) is 0 Å². The standard InChI is InChI=1S/C25H30N4O3Si/c1-16-12-21(30)22(18-8-9-27-23(16)18)25(2,31)24-28-19-13-17(14-26)6-7-20(19)29(24)15-32-10-11-33(3,4)5/h6-9,12-13,27,30-31H,10-11,15H2,1-5H3. The number of nitrogens with one attached hydrogen (secondary N) is 1. The Labute approximate surface area is 194 Å². The van der Waals surface area contributed by atoms with E-state index in [0.717, 1.165) is 28.0 Å². The van der Waals surface area contributed by atoms with Gasteiger partial charge in [0.1, 0.15) is 23.9 Å². The molecule has 3 N–H and O–H groups in total. The number of nitrogens with zero attached hydrogens (tertiary/aromatic N) is 3. The van der Waals surface area contributed by atoms with E-state index in [9.17, 15) is 15.5 Å². The van der Waals surface area contributed by atoms with Gasteiger partial charge < -0.3 is 24.5 Å². The molecule has 0 saturated heterocycles. The van der Waals surface area contributed by atoms with Gasteiger partial charge in [0.2, 0.25) is 0 Å². The predicted octanol–water partition coefficient (Wildman–Crippen LogP) is 4.97. The number of hydrogen-bond donors (Lipinski definition) is 3. The Bertz CT molecular complexity index is 1370. The van der Waals surface area contributed by atoms with Gasteiger partial charge in [-0.3, -0.25) is 0 Å². The highest BCUT2D eigenvalue weighted by atomic mass is 28.3. The molecular weight excluding hydrogens is 432 g/mol. The third-order valence-electron chi connectivity index (χ3n) is 6.04. The lowest BCUT2D eigenvalue weighted by Crippen LogP contribution is -2.29. The first-order valence-corrected chi connectivity index (χ1v) is 14.7. The monoisotopic (exact) mass is 462 g/mol. The van der Waals surface area contributed by atoms with Crippen LogP contribution >= 0.6 is 0 Å². The number of aromatic nitrogens is 3. The summed E-state index contributed by atoms with van der Waals surface area (Å²) in [6.07, 6.45) is 1.79. The van der Waals surface area contributed by atoms with Gasteiger partial charge in [-0.2, -0.15) is 5.26 Å². The van der Waals surface area contributed by atoms with Crippen molar-refractivity contribution in [1.82, 2.24) is 14.5 Å². The maximum Gasteiger partial charge on any atom is 0.149 e. The summed E-state index contributed by atoms with van der Waals surface area (Å²) >= 11 is 0. The number of H-pyrrole nitrogens is 1. The summed E-state index contributed by atoms with van der Waals surface area (Å²) in [6, 6.07) is 11.9. The van der Waals surface area contributed by atoms with E-state index in [-0.39, 0.29) is 12.5 Å². The quantitative estimate of drug-likeness (QED) is 0.265. The van der Waals surface area contributed by atoms with E-state index in [0.29, 0.717) is 29.1 Å². The first-order valence-electron chi connectivity index (χ1n) is 11.0. The van der Waals surface area contributed by atoms with Crippen molar-refractivity contribution in [3.05, 3.63) is 59.0 Å². The fourth-order valence-electron chi connectivity index (χ4n) is 4.25. The summed E-state index contributed by atoms with van der Waals surface area (Å²) in [5.41, 5.74) is 2.33. The van der Waals surface area contributed by atoms with E-state index in [2.05, 4.69) is 30.7 Å². The minimum Gasteiger partial charge on any atom is -0.508 e. The number of aryl methyl sites for hydroxylation is 1. The topological polar surface area (TPSA) is 107 Å². The largest absolute Gasteiger partial charge is 0.508 e. The minimum atomic E-state index is -1.62. The molecule has 0 radical (unpaired) electrons. The smallest absolute Gasteiger partial charge is 0.149 e. The number of hydrogen-bond acceptors (Lipinski definition) is 5. The normalized spacial score (nSPS) is 14.0. The second kappa shape index (κ2) is 8.34. The van der Waals surface area contributed by atoms with Gasteiger partial charge in [-0.15, -0.1) is 0 Å². The number of rotatable bonds is 7. The molecule has 0 aliphatic rings. The van der Waals surface area contributed by atoms with Crippen LogP contribution in [0.3, 0.4) is 0 Å². The summed E-state index contributed by atoms with van der Waals surface area (Å²) in [7, 11) is -1.26. The van der Waals surface area contributed by atoms with Crippen molar-refractivity contribution < 1.29 is 14.9 Å².